The molecule has 0 bridgehead atoms. The summed E-state index contributed by atoms with van der Waals surface area (Å²) in [7, 11) is 0. The van der Waals surface area contributed by atoms with E-state index in [1.54, 1.807) is 15.6 Å². The summed E-state index contributed by atoms with van der Waals surface area (Å²) in [6.45, 7) is 2.16. The molecular formula is C16H15ClN6O2. The molecule has 3 aromatic rings. The van der Waals surface area contributed by atoms with Gasteiger partial charge in [-0.2, -0.15) is 10.1 Å². The highest BCUT2D eigenvalue weighted by molar-refractivity contribution is 6.29. The Labute approximate surface area is 148 Å². The first-order valence-corrected chi connectivity index (χ1v) is 8.16. The number of nitrogens with two attached hydrogens (primary N) is 1. The van der Waals surface area contributed by atoms with E-state index in [0.29, 0.717) is 37.8 Å². The van der Waals surface area contributed by atoms with Crippen LogP contribution < -0.4 is 5.73 Å². The number of anilines is 1. The van der Waals surface area contributed by atoms with Crippen LogP contribution in [0, 0.1) is 0 Å². The minimum atomic E-state index is -0.133. The van der Waals surface area contributed by atoms with Gasteiger partial charge in [-0.1, -0.05) is 29.8 Å². The van der Waals surface area contributed by atoms with Crippen molar-refractivity contribution in [2.75, 3.05) is 32.0 Å². The molecule has 0 spiro atoms. The standard InChI is InChI=1S/C16H15ClN6O2/c17-12-9-13(20-16(18)19-12)23-11-4-2-1-3-10(11)14(21-23)15(24)22-5-7-25-8-6-22/h1-4,9H,5-8H2,(H2,18,19,20). The highest BCUT2D eigenvalue weighted by atomic mass is 35.5. The number of ether oxygens (including phenoxy) is 1. The van der Waals surface area contributed by atoms with E-state index in [9.17, 15) is 4.79 Å². The average Bonchev–Trinajstić information content (AvgIpc) is 3.01. The molecule has 128 valence electrons. The predicted molar refractivity (Wildman–Crippen MR) is 92.8 cm³/mol. The van der Waals surface area contributed by atoms with Crippen molar-refractivity contribution in [1.29, 1.82) is 0 Å². The fourth-order valence-electron chi connectivity index (χ4n) is 2.85. The maximum absolute atomic E-state index is 12.9. The van der Waals surface area contributed by atoms with Gasteiger partial charge in [-0.15, -0.1) is 0 Å². The molecule has 0 saturated carbocycles. The van der Waals surface area contributed by atoms with E-state index >= 15 is 0 Å². The maximum atomic E-state index is 12.9. The number of para-hydroxylation sites is 1. The number of morpholine rings is 1. The van der Waals surface area contributed by atoms with Crippen molar-refractivity contribution in [3.63, 3.8) is 0 Å². The molecule has 8 nitrogen and oxygen atoms in total. The number of carbonyl (C=O) groups excluding carboxylic acids is 1. The Morgan fingerprint density at radius 2 is 1.96 bits per heavy atom. The molecule has 0 unspecified atom stereocenters. The number of aromatic nitrogens is 4. The minimum Gasteiger partial charge on any atom is -0.378 e. The summed E-state index contributed by atoms with van der Waals surface area (Å²) in [4.78, 5) is 22.7. The zero-order valence-electron chi connectivity index (χ0n) is 13.2. The summed E-state index contributed by atoms with van der Waals surface area (Å²) < 4.78 is 6.87. The average molecular weight is 359 g/mol. The Morgan fingerprint density at radius 3 is 2.72 bits per heavy atom. The number of hydrogen-bond acceptors (Lipinski definition) is 6. The van der Waals surface area contributed by atoms with Crippen LogP contribution >= 0.6 is 11.6 Å². The van der Waals surface area contributed by atoms with E-state index in [1.165, 1.54) is 0 Å². The lowest BCUT2D eigenvalue weighted by Crippen LogP contribution is -2.41. The number of amides is 1. The van der Waals surface area contributed by atoms with Crippen LogP contribution in [0.2, 0.25) is 5.15 Å². The van der Waals surface area contributed by atoms with Crippen molar-refractivity contribution in [3.05, 3.63) is 41.2 Å². The quantitative estimate of drug-likeness (QED) is 0.697. The SMILES string of the molecule is Nc1nc(Cl)cc(-n2nc(C(=O)N3CCOCC3)c3ccccc32)n1. The molecule has 1 fully saturated rings. The van der Waals surface area contributed by atoms with Crippen molar-refractivity contribution in [2.24, 2.45) is 0 Å². The highest BCUT2D eigenvalue weighted by Gasteiger charge is 2.24. The van der Waals surface area contributed by atoms with Crippen LogP contribution in [0.5, 0.6) is 0 Å². The lowest BCUT2D eigenvalue weighted by atomic mass is 10.2. The fraction of sp³-hybridized carbons (Fsp3) is 0.250. The van der Waals surface area contributed by atoms with Crippen molar-refractivity contribution in [2.45, 2.75) is 0 Å². The summed E-state index contributed by atoms with van der Waals surface area (Å²) in [6, 6.07) is 9.02. The van der Waals surface area contributed by atoms with Gasteiger partial charge in [0.1, 0.15) is 5.15 Å². The van der Waals surface area contributed by atoms with Gasteiger partial charge in [-0.3, -0.25) is 4.79 Å². The second-order valence-corrected chi connectivity index (χ2v) is 5.98. The summed E-state index contributed by atoms with van der Waals surface area (Å²) in [6.07, 6.45) is 0. The summed E-state index contributed by atoms with van der Waals surface area (Å²) >= 11 is 5.98. The number of hydrogen-bond donors (Lipinski definition) is 1. The number of halogens is 1. The predicted octanol–water partition coefficient (Wildman–Crippen LogP) is 1.52. The van der Waals surface area contributed by atoms with E-state index in [1.807, 2.05) is 24.3 Å². The van der Waals surface area contributed by atoms with Gasteiger partial charge in [0.15, 0.2) is 11.5 Å². The highest BCUT2D eigenvalue weighted by Crippen LogP contribution is 2.24. The molecule has 0 radical (unpaired) electrons. The second kappa shape index (κ2) is 6.30. The largest absolute Gasteiger partial charge is 0.378 e. The number of carbonyl (C=O) groups is 1. The first-order chi connectivity index (χ1) is 12.1. The third-order valence-corrected chi connectivity index (χ3v) is 4.20. The van der Waals surface area contributed by atoms with Crippen LogP contribution in [-0.4, -0.2) is 56.9 Å². The lowest BCUT2D eigenvalue weighted by molar-refractivity contribution is 0.0300. The topological polar surface area (TPSA) is 99.2 Å². The summed E-state index contributed by atoms with van der Waals surface area (Å²) in [5, 5.41) is 5.45. The van der Waals surface area contributed by atoms with Crippen molar-refractivity contribution in [1.82, 2.24) is 24.6 Å². The van der Waals surface area contributed by atoms with Gasteiger partial charge in [0.2, 0.25) is 5.95 Å². The number of nitrogens with zero attached hydrogens (tertiary/aromatic N) is 5. The Balaban J connectivity index is 1.85. The monoisotopic (exact) mass is 358 g/mol. The normalized spacial score (nSPS) is 14.8. The lowest BCUT2D eigenvalue weighted by Gasteiger charge is -2.26. The number of rotatable bonds is 2. The molecule has 1 saturated heterocycles. The van der Waals surface area contributed by atoms with E-state index in [4.69, 9.17) is 22.1 Å². The van der Waals surface area contributed by atoms with E-state index in [-0.39, 0.29) is 17.0 Å². The molecule has 0 atom stereocenters. The van der Waals surface area contributed by atoms with E-state index < -0.39 is 0 Å². The van der Waals surface area contributed by atoms with Gasteiger partial charge in [0.25, 0.3) is 5.91 Å². The Bertz CT molecular complexity index is 931. The van der Waals surface area contributed by atoms with Crippen molar-refractivity contribution in [3.8, 4) is 5.82 Å². The number of nitrogen functional groups attached to an aromatic ring is 1. The van der Waals surface area contributed by atoms with Gasteiger partial charge in [-0.05, 0) is 6.07 Å². The van der Waals surface area contributed by atoms with Crippen LogP contribution in [0.3, 0.4) is 0 Å². The molecule has 2 aromatic heterocycles. The van der Waals surface area contributed by atoms with Crippen LogP contribution in [0.25, 0.3) is 16.7 Å². The zero-order chi connectivity index (χ0) is 17.4. The molecule has 4 rings (SSSR count). The van der Waals surface area contributed by atoms with Gasteiger partial charge in [0, 0.05) is 24.5 Å². The third kappa shape index (κ3) is 2.90. The molecule has 0 aliphatic carbocycles. The first-order valence-electron chi connectivity index (χ1n) is 7.79. The molecular weight excluding hydrogens is 344 g/mol. The van der Waals surface area contributed by atoms with E-state index in [0.717, 1.165) is 10.9 Å². The van der Waals surface area contributed by atoms with Crippen molar-refractivity contribution >= 4 is 34.4 Å². The third-order valence-electron chi connectivity index (χ3n) is 4.00. The molecule has 25 heavy (non-hydrogen) atoms. The molecule has 1 amide bonds. The molecule has 9 heteroatoms. The number of benzene rings is 1. The molecule has 3 heterocycles. The first kappa shape index (κ1) is 15.8. The van der Waals surface area contributed by atoms with Gasteiger partial charge in [0.05, 0.1) is 18.7 Å². The Hall–Kier alpha value is -2.71. The number of fused-ring (bicyclic) bond motifs is 1. The molecule has 1 aliphatic heterocycles. The maximum Gasteiger partial charge on any atom is 0.275 e. The second-order valence-electron chi connectivity index (χ2n) is 5.59. The van der Waals surface area contributed by atoms with Crippen LogP contribution in [-0.2, 0) is 4.74 Å². The molecule has 1 aromatic carbocycles. The Kier molecular flexibility index (Phi) is 3.98. The van der Waals surface area contributed by atoms with E-state index in [2.05, 4.69) is 15.1 Å². The smallest absolute Gasteiger partial charge is 0.275 e. The summed E-state index contributed by atoms with van der Waals surface area (Å²) in [5.74, 6) is 0.323. The van der Waals surface area contributed by atoms with Gasteiger partial charge >= 0.3 is 0 Å². The summed E-state index contributed by atoms with van der Waals surface area (Å²) in [5.41, 5.74) is 6.80. The zero-order valence-corrected chi connectivity index (χ0v) is 14.0. The van der Waals surface area contributed by atoms with Gasteiger partial charge in [-0.25, -0.2) is 9.67 Å². The van der Waals surface area contributed by atoms with Crippen LogP contribution in [0.4, 0.5) is 5.95 Å². The van der Waals surface area contributed by atoms with Crippen molar-refractivity contribution < 1.29 is 9.53 Å². The Morgan fingerprint density at radius 1 is 1.20 bits per heavy atom. The molecule has 1 aliphatic rings. The van der Waals surface area contributed by atoms with Crippen LogP contribution in [0.1, 0.15) is 10.5 Å². The van der Waals surface area contributed by atoms with Gasteiger partial charge < -0.3 is 15.4 Å². The fourth-order valence-corrected chi connectivity index (χ4v) is 3.03. The van der Waals surface area contributed by atoms with Crippen LogP contribution in [0.15, 0.2) is 30.3 Å². The molecule has 2 N–H and O–H groups in total. The minimum absolute atomic E-state index is 0.0446.